The second-order valence-corrected chi connectivity index (χ2v) is 5.99. The van der Waals surface area contributed by atoms with Crippen LogP contribution in [0.1, 0.15) is 36.2 Å². The van der Waals surface area contributed by atoms with E-state index in [1.807, 2.05) is 24.3 Å². The highest BCUT2D eigenvalue weighted by atomic mass is 35.5. The van der Waals surface area contributed by atoms with Gasteiger partial charge in [0.05, 0.1) is 5.60 Å². The summed E-state index contributed by atoms with van der Waals surface area (Å²) in [5.74, 6) is -0.303. The van der Waals surface area contributed by atoms with Gasteiger partial charge in [-0.15, -0.1) is 0 Å². The number of pyridine rings is 1. The van der Waals surface area contributed by atoms with Crippen LogP contribution in [0.2, 0.25) is 5.15 Å². The van der Waals surface area contributed by atoms with Crippen molar-refractivity contribution in [1.29, 1.82) is 0 Å². The van der Waals surface area contributed by atoms with Crippen LogP contribution in [-0.4, -0.2) is 28.1 Å². The number of halogens is 1. The first-order valence-electron chi connectivity index (χ1n) is 7.13. The van der Waals surface area contributed by atoms with Crippen molar-refractivity contribution in [2.75, 3.05) is 6.54 Å². The lowest BCUT2D eigenvalue weighted by Crippen LogP contribution is -2.41. The maximum atomic E-state index is 12.2. The maximum absolute atomic E-state index is 12.2. The van der Waals surface area contributed by atoms with Gasteiger partial charge in [0.2, 0.25) is 0 Å². The van der Waals surface area contributed by atoms with Crippen LogP contribution in [0.3, 0.4) is 0 Å². The zero-order chi connectivity index (χ0) is 14.9. The zero-order valence-electron chi connectivity index (χ0n) is 11.6. The van der Waals surface area contributed by atoms with E-state index in [4.69, 9.17) is 11.6 Å². The van der Waals surface area contributed by atoms with Gasteiger partial charge in [-0.3, -0.25) is 4.79 Å². The molecule has 5 heteroatoms. The van der Waals surface area contributed by atoms with Crippen LogP contribution in [0.15, 0.2) is 30.3 Å². The third kappa shape index (κ3) is 3.01. The number of amides is 1. The molecule has 1 aromatic carbocycles. The van der Waals surface area contributed by atoms with Crippen molar-refractivity contribution >= 4 is 28.3 Å². The number of nitrogens with one attached hydrogen (secondary N) is 1. The first kappa shape index (κ1) is 14.3. The lowest BCUT2D eigenvalue weighted by Gasteiger charge is -2.22. The molecule has 0 saturated heterocycles. The molecule has 3 rings (SSSR count). The SMILES string of the molecule is O=C(NCC1(O)CCCC1)c1cc2ccccc2c(Cl)n1. The van der Waals surface area contributed by atoms with Crippen LogP contribution >= 0.6 is 11.6 Å². The summed E-state index contributed by atoms with van der Waals surface area (Å²) in [6.07, 6.45) is 3.48. The van der Waals surface area contributed by atoms with Gasteiger partial charge in [0.1, 0.15) is 10.8 Å². The van der Waals surface area contributed by atoms with Gasteiger partial charge in [-0.25, -0.2) is 4.98 Å². The molecule has 4 nitrogen and oxygen atoms in total. The molecular formula is C16H17ClN2O2. The smallest absolute Gasteiger partial charge is 0.270 e. The summed E-state index contributed by atoms with van der Waals surface area (Å²) in [5, 5.41) is 15.0. The van der Waals surface area contributed by atoms with Crippen molar-refractivity contribution in [3.8, 4) is 0 Å². The Hall–Kier alpha value is -1.65. The summed E-state index contributed by atoms with van der Waals surface area (Å²) in [4.78, 5) is 16.3. The van der Waals surface area contributed by atoms with E-state index in [9.17, 15) is 9.90 Å². The Bertz CT molecular complexity index is 681. The molecule has 2 N–H and O–H groups in total. The highest BCUT2D eigenvalue weighted by Gasteiger charge is 2.31. The molecule has 1 aliphatic carbocycles. The molecule has 1 aromatic heterocycles. The second kappa shape index (κ2) is 5.62. The van der Waals surface area contributed by atoms with E-state index in [2.05, 4.69) is 10.3 Å². The summed E-state index contributed by atoms with van der Waals surface area (Å²) in [6, 6.07) is 9.25. The normalized spacial score (nSPS) is 17.0. The lowest BCUT2D eigenvalue weighted by atomic mass is 10.0. The third-order valence-electron chi connectivity index (χ3n) is 4.04. The minimum atomic E-state index is -0.768. The first-order chi connectivity index (χ1) is 10.1. The Balaban J connectivity index is 1.78. The van der Waals surface area contributed by atoms with Gasteiger partial charge in [0, 0.05) is 11.9 Å². The van der Waals surface area contributed by atoms with Gasteiger partial charge in [-0.05, 0) is 24.3 Å². The number of nitrogens with zero attached hydrogens (tertiary/aromatic N) is 1. The summed E-state index contributed by atoms with van der Waals surface area (Å²) in [5.41, 5.74) is -0.490. The minimum Gasteiger partial charge on any atom is -0.388 e. The largest absolute Gasteiger partial charge is 0.388 e. The molecule has 110 valence electrons. The summed E-state index contributed by atoms with van der Waals surface area (Å²) in [6.45, 7) is 0.262. The van der Waals surface area contributed by atoms with Gasteiger partial charge in [-0.1, -0.05) is 48.7 Å². The predicted octanol–water partition coefficient (Wildman–Crippen LogP) is 2.92. The highest BCUT2D eigenvalue weighted by Crippen LogP contribution is 2.28. The molecule has 0 aliphatic heterocycles. The van der Waals surface area contributed by atoms with Gasteiger partial charge in [-0.2, -0.15) is 0 Å². The Morgan fingerprint density at radius 2 is 2.05 bits per heavy atom. The number of carbonyl (C=O) groups is 1. The van der Waals surface area contributed by atoms with Crippen LogP contribution in [0, 0.1) is 0 Å². The van der Waals surface area contributed by atoms with Crippen molar-refractivity contribution in [3.63, 3.8) is 0 Å². The molecule has 0 radical (unpaired) electrons. The van der Waals surface area contributed by atoms with Crippen LogP contribution in [-0.2, 0) is 0 Å². The van der Waals surface area contributed by atoms with Crippen LogP contribution in [0.5, 0.6) is 0 Å². The number of fused-ring (bicyclic) bond motifs is 1. The predicted molar refractivity (Wildman–Crippen MR) is 82.5 cm³/mol. The highest BCUT2D eigenvalue weighted by molar-refractivity contribution is 6.34. The number of hydrogen-bond donors (Lipinski definition) is 2. The second-order valence-electron chi connectivity index (χ2n) is 5.63. The van der Waals surface area contributed by atoms with Gasteiger partial charge in [0.25, 0.3) is 5.91 Å². The van der Waals surface area contributed by atoms with Gasteiger partial charge >= 0.3 is 0 Å². The van der Waals surface area contributed by atoms with Crippen molar-refractivity contribution in [2.24, 2.45) is 0 Å². The van der Waals surface area contributed by atoms with Crippen molar-refractivity contribution in [1.82, 2.24) is 10.3 Å². The van der Waals surface area contributed by atoms with E-state index < -0.39 is 5.60 Å². The standard InChI is InChI=1S/C16H17ClN2O2/c17-14-12-6-2-1-5-11(12)9-13(19-14)15(20)18-10-16(21)7-3-4-8-16/h1-2,5-6,9,21H,3-4,7-8,10H2,(H,18,20). The first-order valence-corrected chi connectivity index (χ1v) is 7.51. The molecule has 1 heterocycles. The maximum Gasteiger partial charge on any atom is 0.270 e. The average molecular weight is 305 g/mol. The quantitative estimate of drug-likeness (QED) is 0.857. The number of rotatable bonds is 3. The summed E-state index contributed by atoms with van der Waals surface area (Å²) < 4.78 is 0. The van der Waals surface area contributed by atoms with Crippen LogP contribution in [0.4, 0.5) is 0 Å². The molecule has 0 atom stereocenters. The van der Waals surface area contributed by atoms with Gasteiger partial charge < -0.3 is 10.4 Å². The molecular weight excluding hydrogens is 288 g/mol. The van der Waals surface area contributed by atoms with E-state index in [-0.39, 0.29) is 18.1 Å². The Kier molecular flexibility index (Phi) is 3.83. The molecule has 1 saturated carbocycles. The molecule has 1 aliphatic rings. The molecule has 2 aromatic rings. The molecule has 0 spiro atoms. The fourth-order valence-electron chi connectivity index (χ4n) is 2.82. The van der Waals surface area contributed by atoms with Crippen LogP contribution in [0.25, 0.3) is 10.8 Å². The molecule has 21 heavy (non-hydrogen) atoms. The number of carbonyl (C=O) groups excluding carboxylic acids is 1. The van der Waals surface area contributed by atoms with Crippen molar-refractivity contribution in [2.45, 2.75) is 31.3 Å². The summed E-state index contributed by atoms with van der Waals surface area (Å²) in [7, 11) is 0. The molecule has 1 amide bonds. The Labute approximate surface area is 128 Å². The number of benzene rings is 1. The van der Waals surface area contributed by atoms with E-state index in [0.29, 0.717) is 5.15 Å². The fraction of sp³-hybridized carbons (Fsp3) is 0.375. The number of aliphatic hydroxyl groups is 1. The van der Waals surface area contributed by atoms with E-state index in [1.165, 1.54) is 0 Å². The number of aromatic nitrogens is 1. The van der Waals surface area contributed by atoms with E-state index in [0.717, 1.165) is 36.5 Å². The Morgan fingerprint density at radius 3 is 2.81 bits per heavy atom. The topological polar surface area (TPSA) is 62.2 Å². The van der Waals surface area contributed by atoms with E-state index in [1.54, 1.807) is 6.07 Å². The van der Waals surface area contributed by atoms with Crippen molar-refractivity contribution in [3.05, 3.63) is 41.2 Å². The lowest BCUT2D eigenvalue weighted by molar-refractivity contribution is 0.0448. The minimum absolute atomic E-state index is 0.262. The Morgan fingerprint density at radius 1 is 1.33 bits per heavy atom. The van der Waals surface area contributed by atoms with Crippen LogP contribution < -0.4 is 5.32 Å². The fourth-order valence-corrected chi connectivity index (χ4v) is 3.08. The number of hydrogen-bond acceptors (Lipinski definition) is 3. The molecule has 0 unspecified atom stereocenters. The average Bonchev–Trinajstić information content (AvgIpc) is 2.92. The monoisotopic (exact) mass is 304 g/mol. The summed E-state index contributed by atoms with van der Waals surface area (Å²) >= 11 is 6.12. The van der Waals surface area contributed by atoms with Crippen molar-refractivity contribution < 1.29 is 9.90 Å². The third-order valence-corrected chi connectivity index (χ3v) is 4.33. The zero-order valence-corrected chi connectivity index (χ0v) is 12.4. The van der Waals surface area contributed by atoms with E-state index >= 15 is 0 Å². The molecule has 0 bridgehead atoms. The molecule has 1 fully saturated rings. The van der Waals surface area contributed by atoms with Gasteiger partial charge in [0.15, 0.2) is 0 Å².